The maximum Gasteiger partial charge on any atom is 0.115 e. The first-order chi connectivity index (χ1) is 8.81. The predicted molar refractivity (Wildman–Crippen MR) is 68.4 cm³/mol. The summed E-state index contributed by atoms with van der Waals surface area (Å²) in [6, 6.07) is 0.235. The molecule has 0 aromatic carbocycles. The van der Waals surface area contributed by atoms with Crippen molar-refractivity contribution in [2.24, 2.45) is 0 Å². The van der Waals surface area contributed by atoms with E-state index < -0.39 is 0 Å². The quantitative estimate of drug-likeness (QED) is 0.861. The third-order valence-electron chi connectivity index (χ3n) is 3.01. The van der Waals surface area contributed by atoms with Gasteiger partial charge in [0.15, 0.2) is 0 Å². The highest BCUT2D eigenvalue weighted by molar-refractivity contribution is 5.29. The summed E-state index contributed by atoms with van der Waals surface area (Å²) in [6.45, 7) is 4.23. The van der Waals surface area contributed by atoms with E-state index in [1.165, 1.54) is 6.33 Å². The van der Waals surface area contributed by atoms with Crippen molar-refractivity contribution < 1.29 is 0 Å². The molecular formula is C12H18N6. The Hall–Kier alpha value is -1.82. The molecule has 6 nitrogen and oxygen atoms in total. The average molecular weight is 246 g/mol. The minimum absolute atomic E-state index is 0.235. The molecule has 6 heteroatoms. The molecule has 0 saturated carbocycles. The van der Waals surface area contributed by atoms with Crippen LogP contribution in [0.25, 0.3) is 5.69 Å². The lowest BCUT2D eigenvalue weighted by molar-refractivity contribution is 0.555. The third kappa shape index (κ3) is 2.24. The molecular weight excluding hydrogens is 228 g/mol. The molecule has 1 atom stereocenters. The van der Waals surface area contributed by atoms with Crippen LogP contribution in [0.15, 0.2) is 18.7 Å². The first-order valence-electron chi connectivity index (χ1n) is 6.18. The van der Waals surface area contributed by atoms with E-state index in [9.17, 15) is 0 Å². The lowest BCUT2D eigenvalue weighted by Crippen LogP contribution is -2.17. The first kappa shape index (κ1) is 12.6. The molecule has 0 spiro atoms. The highest BCUT2D eigenvalue weighted by Gasteiger charge is 2.19. The molecule has 0 saturated heterocycles. The minimum Gasteiger partial charge on any atom is -0.312 e. The molecule has 2 aromatic rings. The monoisotopic (exact) mass is 246 g/mol. The molecule has 96 valence electrons. The van der Waals surface area contributed by atoms with Crippen molar-refractivity contribution >= 4 is 0 Å². The SMILES string of the molecule is CCc1c(C(CC)NC)nnn1-c1cncnc1. The first-order valence-corrected chi connectivity index (χ1v) is 6.18. The smallest absolute Gasteiger partial charge is 0.115 e. The second kappa shape index (κ2) is 5.68. The maximum atomic E-state index is 4.30. The Kier molecular flexibility index (Phi) is 3.99. The Balaban J connectivity index is 2.45. The van der Waals surface area contributed by atoms with Gasteiger partial charge in [-0.2, -0.15) is 0 Å². The zero-order chi connectivity index (χ0) is 13.0. The van der Waals surface area contributed by atoms with Gasteiger partial charge in [-0.05, 0) is 19.9 Å². The second-order valence-electron chi connectivity index (χ2n) is 4.03. The molecule has 0 radical (unpaired) electrons. The average Bonchev–Trinajstić information content (AvgIpc) is 2.85. The minimum atomic E-state index is 0.235. The molecule has 0 aliphatic carbocycles. The van der Waals surface area contributed by atoms with Gasteiger partial charge in [-0.25, -0.2) is 14.6 Å². The van der Waals surface area contributed by atoms with Gasteiger partial charge in [0, 0.05) is 0 Å². The van der Waals surface area contributed by atoms with Crippen LogP contribution >= 0.6 is 0 Å². The van der Waals surface area contributed by atoms with Crippen molar-refractivity contribution in [3.8, 4) is 5.69 Å². The third-order valence-corrected chi connectivity index (χ3v) is 3.01. The van der Waals surface area contributed by atoms with E-state index in [1.807, 2.05) is 11.7 Å². The molecule has 2 aromatic heterocycles. The predicted octanol–water partition coefficient (Wildman–Crippen LogP) is 1.29. The second-order valence-corrected chi connectivity index (χ2v) is 4.03. The number of aromatic nitrogens is 5. The number of nitrogens with zero attached hydrogens (tertiary/aromatic N) is 5. The van der Waals surface area contributed by atoms with Crippen LogP contribution in [0.2, 0.25) is 0 Å². The molecule has 0 bridgehead atoms. The van der Waals surface area contributed by atoms with E-state index >= 15 is 0 Å². The number of hydrogen-bond donors (Lipinski definition) is 1. The summed E-state index contributed by atoms with van der Waals surface area (Å²) in [5, 5.41) is 11.8. The fraction of sp³-hybridized carbons (Fsp3) is 0.500. The Morgan fingerprint density at radius 3 is 2.56 bits per heavy atom. The number of nitrogens with one attached hydrogen (secondary N) is 1. The molecule has 0 fully saturated rings. The van der Waals surface area contributed by atoms with E-state index in [1.54, 1.807) is 12.4 Å². The van der Waals surface area contributed by atoms with Crippen LogP contribution in [0.4, 0.5) is 0 Å². The highest BCUT2D eigenvalue weighted by Crippen LogP contribution is 2.20. The van der Waals surface area contributed by atoms with Gasteiger partial charge in [0.2, 0.25) is 0 Å². The highest BCUT2D eigenvalue weighted by atomic mass is 15.4. The van der Waals surface area contributed by atoms with Crippen LogP contribution < -0.4 is 5.32 Å². The molecule has 2 heterocycles. The normalized spacial score (nSPS) is 12.6. The summed E-state index contributed by atoms with van der Waals surface area (Å²) >= 11 is 0. The summed E-state index contributed by atoms with van der Waals surface area (Å²) in [5.74, 6) is 0. The zero-order valence-corrected chi connectivity index (χ0v) is 11.0. The summed E-state index contributed by atoms with van der Waals surface area (Å²) in [5.41, 5.74) is 2.96. The molecule has 2 rings (SSSR count). The Bertz CT molecular complexity index is 489. The van der Waals surface area contributed by atoms with E-state index in [2.05, 4.69) is 39.4 Å². The fourth-order valence-electron chi connectivity index (χ4n) is 2.06. The Morgan fingerprint density at radius 1 is 1.28 bits per heavy atom. The number of rotatable bonds is 5. The molecule has 0 amide bonds. The van der Waals surface area contributed by atoms with E-state index in [4.69, 9.17) is 0 Å². The summed E-state index contributed by atoms with van der Waals surface area (Å²) in [6.07, 6.45) is 6.84. The summed E-state index contributed by atoms with van der Waals surface area (Å²) in [4.78, 5) is 8.03. The van der Waals surface area contributed by atoms with Crippen molar-refractivity contribution in [1.82, 2.24) is 30.3 Å². The van der Waals surface area contributed by atoms with Gasteiger partial charge in [0.1, 0.15) is 17.7 Å². The van der Waals surface area contributed by atoms with Gasteiger partial charge in [-0.3, -0.25) is 0 Å². The molecule has 1 unspecified atom stereocenters. The molecule has 18 heavy (non-hydrogen) atoms. The molecule has 0 aliphatic rings. The zero-order valence-electron chi connectivity index (χ0n) is 11.0. The standard InChI is InChI=1S/C12H18N6/c1-4-10(13-3)12-11(5-2)18(17-16-12)9-6-14-8-15-7-9/h6-8,10,13H,4-5H2,1-3H3. The van der Waals surface area contributed by atoms with Crippen LogP contribution in [0.3, 0.4) is 0 Å². The van der Waals surface area contributed by atoms with E-state index in [0.717, 1.165) is 29.9 Å². The van der Waals surface area contributed by atoms with Crippen molar-refractivity contribution in [3.05, 3.63) is 30.1 Å². The maximum absolute atomic E-state index is 4.30. The van der Waals surface area contributed by atoms with Crippen LogP contribution in [0.5, 0.6) is 0 Å². The van der Waals surface area contributed by atoms with Crippen LogP contribution in [0, 0.1) is 0 Å². The van der Waals surface area contributed by atoms with Gasteiger partial charge < -0.3 is 5.32 Å². The number of hydrogen-bond acceptors (Lipinski definition) is 5. The lowest BCUT2D eigenvalue weighted by atomic mass is 10.1. The van der Waals surface area contributed by atoms with Crippen molar-refractivity contribution in [3.63, 3.8) is 0 Å². The Morgan fingerprint density at radius 2 is 2.00 bits per heavy atom. The van der Waals surface area contributed by atoms with Crippen molar-refractivity contribution in [2.45, 2.75) is 32.7 Å². The van der Waals surface area contributed by atoms with Gasteiger partial charge in [-0.1, -0.05) is 19.1 Å². The van der Waals surface area contributed by atoms with Crippen LogP contribution in [-0.2, 0) is 6.42 Å². The van der Waals surface area contributed by atoms with Gasteiger partial charge >= 0.3 is 0 Å². The largest absolute Gasteiger partial charge is 0.312 e. The van der Waals surface area contributed by atoms with Crippen molar-refractivity contribution in [2.75, 3.05) is 7.05 Å². The van der Waals surface area contributed by atoms with Gasteiger partial charge in [0.05, 0.1) is 24.1 Å². The van der Waals surface area contributed by atoms with Crippen LogP contribution in [0.1, 0.15) is 37.7 Å². The fourth-order valence-corrected chi connectivity index (χ4v) is 2.06. The Labute approximate surface area is 106 Å². The van der Waals surface area contributed by atoms with Gasteiger partial charge in [0.25, 0.3) is 0 Å². The topological polar surface area (TPSA) is 68.5 Å². The van der Waals surface area contributed by atoms with Gasteiger partial charge in [-0.15, -0.1) is 5.10 Å². The summed E-state index contributed by atoms with van der Waals surface area (Å²) in [7, 11) is 1.94. The van der Waals surface area contributed by atoms with Crippen molar-refractivity contribution in [1.29, 1.82) is 0 Å². The van der Waals surface area contributed by atoms with Crippen LogP contribution in [-0.4, -0.2) is 32.0 Å². The molecule has 0 aliphatic heterocycles. The van der Waals surface area contributed by atoms with E-state index in [-0.39, 0.29) is 6.04 Å². The molecule has 1 N–H and O–H groups in total. The lowest BCUT2D eigenvalue weighted by Gasteiger charge is -2.12. The van der Waals surface area contributed by atoms with E-state index in [0.29, 0.717) is 0 Å². The summed E-state index contributed by atoms with van der Waals surface area (Å²) < 4.78 is 1.81.